The summed E-state index contributed by atoms with van der Waals surface area (Å²) in [7, 11) is 0. The SMILES string of the molecule is CC(C)C[C@@H](C#N)NC(=O)[C@@H]1CCCC[C@@H]1NC(=O)c1cc2ccc(Br)cc2[nH]1. The summed E-state index contributed by atoms with van der Waals surface area (Å²) in [6.07, 6.45) is 4.03. The molecule has 1 aliphatic rings. The number of carbonyl (C=O) groups excluding carboxylic acids is 2. The van der Waals surface area contributed by atoms with Gasteiger partial charge in [-0.25, -0.2) is 0 Å². The van der Waals surface area contributed by atoms with E-state index in [4.69, 9.17) is 0 Å². The summed E-state index contributed by atoms with van der Waals surface area (Å²) < 4.78 is 0.941. The lowest BCUT2D eigenvalue weighted by Crippen LogP contribution is -2.50. The van der Waals surface area contributed by atoms with Crippen molar-refractivity contribution in [1.82, 2.24) is 15.6 Å². The minimum atomic E-state index is -0.493. The fourth-order valence-corrected chi connectivity index (χ4v) is 4.34. The van der Waals surface area contributed by atoms with Crippen molar-refractivity contribution in [3.8, 4) is 6.07 Å². The fraction of sp³-hybridized carbons (Fsp3) is 0.500. The molecule has 1 heterocycles. The molecule has 2 amide bonds. The summed E-state index contributed by atoms with van der Waals surface area (Å²) in [5, 5.41) is 16.2. The van der Waals surface area contributed by atoms with Crippen LogP contribution >= 0.6 is 15.9 Å². The highest BCUT2D eigenvalue weighted by Crippen LogP contribution is 2.26. The number of hydrogen-bond acceptors (Lipinski definition) is 3. The number of aromatic nitrogens is 1. The Hall–Kier alpha value is -2.33. The van der Waals surface area contributed by atoms with Gasteiger partial charge in [0.1, 0.15) is 11.7 Å². The van der Waals surface area contributed by atoms with Crippen molar-refractivity contribution >= 4 is 38.6 Å². The molecule has 3 atom stereocenters. The number of benzene rings is 1. The molecule has 154 valence electrons. The maximum Gasteiger partial charge on any atom is 0.267 e. The van der Waals surface area contributed by atoms with Gasteiger partial charge < -0.3 is 15.6 Å². The smallest absolute Gasteiger partial charge is 0.267 e. The van der Waals surface area contributed by atoms with Gasteiger partial charge in [0.2, 0.25) is 5.91 Å². The largest absolute Gasteiger partial charge is 0.350 e. The van der Waals surface area contributed by atoms with Crippen LogP contribution in [-0.4, -0.2) is 28.9 Å². The third-order valence-corrected chi connectivity index (χ3v) is 5.92. The second-order valence-electron chi connectivity index (χ2n) is 8.21. The summed E-state index contributed by atoms with van der Waals surface area (Å²) >= 11 is 3.43. The molecule has 0 radical (unpaired) electrons. The lowest BCUT2D eigenvalue weighted by molar-refractivity contribution is -0.127. The van der Waals surface area contributed by atoms with E-state index in [1.807, 2.05) is 38.1 Å². The molecule has 7 heteroatoms. The van der Waals surface area contributed by atoms with Crippen molar-refractivity contribution in [2.45, 2.75) is 58.0 Å². The van der Waals surface area contributed by atoms with Crippen LogP contribution in [0.1, 0.15) is 56.4 Å². The number of amides is 2. The number of aromatic amines is 1. The van der Waals surface area contributed by atoms with Crippen molar-refractivity contribution in [1.29, 1.82) is 5.26 Å². The minimum absolute atomic E-state index is 0.136. The van der Waals surface area contributed by atoms with Crippen LogP contribution in [0, 0.1) is 23.2 Å². The van der Waals surface area contributed by atoms with Crippen LogP contribution in [0.2, 0.25) is 0 Å². The molecule has 0 unspecified atom stereocenters. The second-order valence-corrected chi connectivity index (χ2v) is 9.12. The van der Waals surface area contributed by atoms with E-state index < -0.39 is 6.04 Å². The molecule has 1 aromatic carbocycles. The van der Waals surface area contributed by atoms with Gasteiger partial charge in [-0.2, -0.15) is 5.26 Å². The van der Waals surface area contributed by atoms with Crippen LogP contribution in [0.4, 0.5) is 0 Å². The van der Waals surface area contributed by atoms with Gasteiger partial charge in [-0.1, -0.05) is 48.7 Å². The summed E-state index contributed by atoms with van der Waals surface area (Å²) in [5.74, 6) is -0.332. The molecule has 0 aliphatic heterocycles. The van der Waals surface area contributed by atoms with Crippen LogP contribution in [0.5, 0.6) is 0 Å². The molecule has 2 aromatic rings. The monoisotopic (exact) mass is 458 g/mol. The molecule has 1 aliphatic carbocycles. The van der Waals surface area contributed by atoms with E-state index in [0.29, 0.717) is 18.0 Å². The van der Waals surface area contributed by atoms with Gasteiger partial charge in [0.25, 0.3) is 5.91 Å². The lowest BCUT2D eigenvalue weighted by atomic mass is 9.83. The number of halogens is 1. The number of hydrogen-bond donors (Lipinski definition) is 3. The molecular weight excluding hydrogens is 432 g/mol. The third-order valence-electron chi connectivity index (χ3n) is 5.43. The number of nitrogens with one attached hydrogen (secondary N) is 3. The molecule has 0 saturated heterocycles. The van der Waals surface area contributed by atoms with Crippen molar-refractivity contribution in [2.24, 2.45) is 11.8 Å². The van der Waals surface area contributed by atoms with Crippen LogP contribution in [0.3, 0.4) is 0 Å². The zero-order chi connectivity index (χ0) is 21.0. The summed E-state index contributed by atoms with van der Waals surface area (Å²) in [4.78, 5) is 28.8. The molecule has 6 nitrogen and oxygen atoms in total. The van der Waals surface area contributed by atoms with Crippen molar-refractivity contribution in [3.05, 3.63) is 34.4 Å². The van der Waals surface area contributed by atoms with Crippen LogP contribution in [0.25, 0.3) is 10.9 Å². The highest BCUT2D eigenvalue weighted by molar-refractivity contribution is 9.10. The molecule has 1 saturated carbocycles. The minimum Gasteiger partial charge on any atom is -0.350 e. The molecule has 29 heavy (non-hydrogen) atoms. The Labute approximate surface area is 179 Å². The number of fused-ring (bicyclic) bond motifs is 1. The van der Waals surface area contributed by atoms with E-state index in [9.17, 15) is 14.9 Å². The first kappa shape index (κ1) is 21.4. The van der Waals surface area contributed by atoms with Crippen LogP contribution < -0.4 is 10.6 Å². The van der Waals surface area contributed by atoms with Crippen LogP contribution in [0.15, 0.2) is 28.7 Å². The number of nitrogens with zero attached hydrogens (tertiary/aromatic N) is 1. The summed E-state index contributed by atoms with van der Waals surface area (Å²) in [5.41, 5.74) is 1.37. The maximum absolute atomic E-state index is 12.8. The fourth-order valence-electron chi connectivity index (χ4n) is 3.98. The van der Waals surface area contributed by atoms with Gasteiger partial charge in [-0.3, -0.25) is 9.59 Å². The molecule has 1 fully saturated rings. The van der Waals surface area contributed by atoms with E-state index in [1.54, 1.807) is 0 Å². The van der Waals surface area contributed by atoms with Gasteiger partial charge in [0.15, 0.2) is 0 Å². The van der Waals surface area contributed by atoms with Gasteiger partial charge in [0.05, 0.1) is 12.0 Å². The standard InChI is InChI=1S/C22H27BrN4O2/c1-13(2)9-16(12-24)25-21(28)17-5-3-4-6-18(17)27-22(29)20-10-14-7-8-15(23)11-19(14)26-20/h7-8,10-11,13,16-18,26H,3-6,9H2,1-2H3,(H,25,28)(H,27,29)/t16-,17+,18-/m0/s1. The molecule has 1 aromatic heterocycles. The van der Waals surface area contributed by atoms with Gasteiger partial charge in [-0.05, 0) is 43.4 Å². The van der Waals surface area contributed by atoms with Crippen molar-refractivity contribution in [2.75, 3.05) is 0 Å². The van der Waals surface area contributed by atoms with E-state index in [2.05, 4.69) is 37.6 Å². The first-order valence-corrected chi connectivity index (χ1v) is 11.0. The Morgan fingerprint density at radius 1 is 1.28 bits per heavy atom. The highest BCUT2D eigenvalue weighted by atomic mass is 79.9. The first-order chi connectivity index (χ1) is 13.9. The number of carbonyl (C=O) groups is 2. The molecular formula is C22H27BrN4O2. The number of nitriles is 1. The highest BCUT2D eigenvalue weighted by Gasteiger charge is 2.33. The average molecular weight is 459 g/mol. The van der Waals surface area contributed by atoms with E-state index >= 15 is 0 Å². The summed E-state index contributed by atoms with van der Waals surface area (Å²) in [6.45, 7) is 4.05. The Morgan fingerprint density at radius 3 is 2.76 bits per heavy atom. The van der Waals surface area contributed by atoms with Crippen molar-refractivity contribution < 1.29 is 9.59 Å². The van der Waals surface area contributed by atoms with Gasteiger partial charge in [-0.15, -0.1) is 0 Å². The molecule has 0 spiro atoms. The van der Waals surface area contributed by atoms with Crippen molar-refractivity contribution in [3.63, 3.8) is 0 Å². The maximum atomic E-state index is 12.8. The van der Waals surface area contributed by atoms with E-state index in [1.165, 1.54) is 0 Å². The zero-order valence-electron chi connectivity index (χ0n) is 16.8. The Balaban J connectivity index is 1.69. The van der Waals surface area contributed by atoms with Crippen LogP contribution in [-0.2, 0) is 4.79 Å². The zero-order valence-corrected chi connectivity index (χ0v) is 18.4. The van der Waals surface area contributed by atoms with Gasteiger partial charge >= 0.3 is 0 Å². The Morgan fingerprint density at radius 2 is 2.03 bits per heavy atom. The van der Waals surface area contributed by atoms with E-state index in [-0.39, 0.29) is 23.8 Å². The molecule has 3 N–H and O–H groups in total. The average Bonchev–Trinajstić information content (AvgIpc) is 3.10. The van der Waals surface area contributed by atoms with Gasteiger partial charge in [0, 0.05) is 21.4 Å². The molecule has 3 rings (SSSR count). The molecule has 0 bridgehead atoms. The third kappa shape index (κ3) is 5.39. The normalized spacial score (nSPS) is 20.2. The predicted octanol–water partition coefficient (Wildman–Crippen LogP) is 4.27. The first-order valence-electron chi connectivity index (χ1n) is 10.2. The Kier molecular flexibility index (Phi) is 6.96. The second kappa shape index (κ2) is 9.45. The predicted molar refractivity (Wildman–Crippen MR) is 116 cm³/mol. The number of H-pyrrole nitrogens is 1. The number of rotatable bonds is 6. The Bertz CT molecular complexity index is 931. The quantitative estimate of drug-likeness (QED) is 0.602. The summed E-state index contributed by atoms with van der Waals surface area (Å²) in [6, 6.07) is 9.09. The lowest BCUT2D eigenvalue weighted by Gasteiger charge is -2.31. The van der Waals surface area contributed by atoms with E-state index in [0.717, 1.165) is 41.1 Å². The topological polar surface area (TPSA) is 97.8 Å².